The Hall–Kier alpha value is -2.25. The van der Waals surface area contributed by atoms with E-state index in [4.69, 9.17) is 0 Å². The number of amides is 1. The van der Waals surface area contributed by atoms with Gasteiger partial charge in [0.15, 0.2) is 0 Å². The van der Waals surface area contributed by atoms with Crippen molar-refractivity contribution in [3.63, 3.8) is 0 Å². The summed E-state index contributed by atoms with van der Waals surface area (Å²) in [5.41, 5.74) is -1.20. The van der Waals surface area contributed by atoms with Crippen LogP contribution in [0.3, 0.4) is 0 Å². The second-order valence-electron chi connectivity index (χ2n) is 10.0. The highest BCUT2D eigenvalue weighted by Gasteiger charge is 2.55. The lowest BCUT2D eigenvalue weighted by Crippen LogP contribution is -2.42. The van der Waals surface area contributed by atoms with Crippen LogP contribution >= 0.6 is 11.3 Å². The van der Waals surface area contributed by atoms with Gasteiger partial charge in [-0.25, -0.2) is 22.7 Å². The Balaban J connectivity index is 1.49. The normalized spacial score (nSPS) is 23.4. The molecule has 0 saturated carbocycles. The Morgan fingerprint density at radius 2 is 1.92 bits per heavy atom. The van der Waals surface area contributed by atoms with E-state index >= 15 is 0 Å². The Morgan fingerprint density at radius 1 is 1.22 bits per heavy atom. The predicted molar refractivity (Wildman–Crippen MR) is 130 cm³/mol. The number of nitrogens with one attached hydrogen (secondary N) is 1. The number of thiophene rings is 1. The van der Waals surface area contributed by atoms with E-state index in [-0.39, 0.29) is 29.5 Å². The summed E-state index contributed by atoms with van der Waals surface area (Å²) >= 11 is 1.22. The van der Waals surface area contributed by atoms with Gasteiger partial charge < -0.3 is 10.2 Å². The third-order valence-corrected chi connectivity index (χ3v) is 10.2. The van der Waals surface area contributed by atoms with Crippen LogP contribution in [0, 0.1) is 5.92 Å². The maximum atomic E-state index is 13.9. The van der Waals surface area contributed by atoms with Crippen molar-refractivity contribution in [2.75, 3.05) is 31.2 Å². The standard InChI is InChI=1S/C23H28F3N5O3S2/c1-13(2)22-7-4-8-31(22)20(32)15-11-17(35-19(15)22)18-16(23(24,25)26)12-27-21(29-18)28-14-5-9-30(10-6-14)36(3,33)34/h11-14H,4-10H2,1-3H3,(H,27,28,29). The molecule has 2 saturated heterocycles. The lowest BCUT2D eigenvalue weighted by molar-refractivity contribution is -0.137. The van der Waals surface area contributed by atoms with Gasteiger partial charge in [-0.1, -0.05) is 13.8 Å². The molecule has 2 fully saturated rings. The lowest BCUT2D eigenvalue weighted by atomic mass is 9.83. The lowest BCUT2D eigenvalue weighted by Gasteiger charge is -2.36. The Kier molecular flexibility index (Phi) is 6.11. The van der Waals surface area contributed by atoms with Crippen molar-refractivity contribution in [3.05, 3.63) is 28.3 Å². The minimum Gasteiger partial charge on any atom is -0.351 e. The zero-order valence-electron chi connectivity index (χ0n) is 20.2. The molecule has 2 aromatic heterocycles. The average molecular weight is 544 g/mol. The van der Waals surface area contributed by atoms with Crippen molar-refractivity contribution in [3.8, 4) is 10.6 Å². The van der Waals surface area contributed by atoms with E-state index in [0.29, 0.717) is 42.9 Å². The first-order valence-corrected chi connectivity index (χ1v) is 14.6. The number of rotatable bonds is 5. The van der Waals surface area contributed by atoms with E-state index in [1.54, 1.807) is 6.07 Å². The number of alkyl halides is 3. The van der Waals surface area contributed by atoms with Crippen LogP contribution in [-0.4, -0.2) is 65.4 Å². The van der Waals surface area contributed by atoms with Gasteiger partial charge in [-0.3, -0.25) is 4.79 Å². The van der Waals surface area contributed by atoms with Gasteiger partial charge in [-0.05, 0) is 37.7 Å². The largest absolute Gasteiger partial charge is 0.420 e. The van der Waals surface area contributed by atoms with E-state index in [9.17, 15) is 26.4 Å². The van der Waals surface area contributed by atoms with Crippen molar-refractivity contribution >= 4 is 33.2 Å². The molecule has 5 rings (SSSR count). The first-order valence-electron chi connectivity index (χ1n) is 11.9. The molecule has 0 bridgehead atoms. The minimum atomic E-state index is -4.66. The van der Waals surface area contributed by atoms with Gasteiger partial charge in [0.25, 0.3) is 5.91 Å². The molecule has 1 atom stereocenters. The van der Waals surface area contributed by atoms with Gasteiger partial charge in [0.1, 0.15) is 5.56 Å². The van der Waals surface area contributed by atoms with E-state index in [2.05, 4.69) is 15.3 Å². The van der Waals surface area contributed by atoms with Gasteiger partial charge in [0.2, 0.25) is 16.0 Å². The van der Waals surface area contributed by atoms with Crippen LogP contribution in [0.1, 0.15) is 60.3 Å². The first-order chi connectivity index (χ1) is 16.8. The predicted octanol–water partition coefficient (Wildman–Crippen LogP) is 4.16. The van der Waals surface area contributed by atoms with Crippen LogP contribution in [0.25, 0.3) is 10.6 Å². The van der Waals surface area contributed by atoms with Crippen molar-refractivity contribution in [2.45, 2.75) is 57.3 Å². The summed E-state index contributed by atoms with van der Waals surface area (Å²) in [5.74, 6) is 0.0493. The second kappa shape index (κ2) is 8.66. The van der Waals surface area contributed by atoms with Gasteiger partial charge in [-0.15, -0.1) is 11.3 Å². The highest BCUT2D eigenvalue weighted by Crippen LogP contribution is 2.55. The van der Waals surface area contributed by atoms with Gasteiger partial charge in [0.05, 0.1) is 27.9 Å². The zero-order chi connectivity index (χ0) is 26.0. The molecule has 5 heterocycles. The molecule has 2 aromatic rings. The highest BCUT2D eigenvalue weighted by molar-refractivity contribution is 7.88. The molecule has 3 aliphatic rings. The molecule has 8 nitrogen and oxygen atoms in total. The number of sulfonamides is 1. The molecule has 196 valence electrons. The average Bonchev–Trinajstić information content (AvgIpc) is 3.47. The summed E-state index contributed by atoms with van der Waals surface area (Å²) < 4.78 is 66.7. The number of fused-ring (bicyclic) bond motifs is 3. The van der Waals surface area contributed by atoms with Crippen LogP contribution in [-0.2, 0) is 21.7 Å². The molecular weight excluding hydrogens is 515 g/mol. The van der Waals surface area contributed by atoms with Gasteiger partial charge >= 0.3 is 6.18 Å². The van der Waals surface area contributed by atoms with E-state index in [1.807, 2.05) is 18.7 Å². The summed E-state index contributed by atoms with van der Waals surface area (Å²) in [6.45, 7) is 5.38. The third-order valence-electron chi connectivity index (χ3n) is 7.56. The van der Waals surface area contributed by atoms with E-state index < -0.39 is 27.3 Å². The van der Waals surface area contributed by atoms with Crippen LogP contribution in [0.4, 0.5) is 19.1 Å². The molecule has 0 aliphatic carbocycles. The smallest absolute Gasteiger partial charge is 0.351 e. The van der Waals surface area contributed by atoms with Crippen LogP contribution in [0.15, 0.2) is 12.3 Å². The number of hydrogen-bond acceptors (Lipinski definition) is 7. The molecular formula is C23H28F3N5O3S2. The van der Waals surface area contributed by atoms with Crippen LogP contribution in [0.5, 0.6) is 0 Å². The highest BCUT2D eigenvalue weighted by atomic mass is 32.2. The van der Waals surface area contributed by atoms with Crippen molar-refractivity contribution in [1.29, 1.82) is 0 Å². The molecule has 36 heavy (non-hydrogen) atoms. The van der Waals surface area contributed by atoms with Crippen LogP contribution in [0.2, 0.25) is 0 Å². The quantitative estimate of drug-likeness (QED) is 0.609. The fraction of sp³-hybridized carbons (Fsp3) is 0.609. The number of carbonyl (C=O) groups excluding carboxylic acids is 1. The molecule has 0 aromatic carbocycles. The maximum Gasteiger partial charge on any atom is 0.420 e. The van der Waals surface area contributed by atoms with Crippen molar-refractivity contribution in [1.82, 2.24) is 19.2 Å². The second-order valence-corrected chi connectivity index (χ2v) is 13.1. The molecule has 13 heteroatoms. The summed E-state index contributed by atoms with van der Waals surface area (Å²) in [7, 11) is -3.29. The molecule has 1 N–H and O–H groups in total. The topological polar surface area (TPSA) is 95.5 Å². The molecule has 0 radical (unpaired) electrons. The van der Waals surface area contributed by atoms with E-state index in [1.165, 1.54) is 15.6 Å². The number of piperidine rings is 1. The monoisotopic (exact) mass is 543 g/mol. The fourth-order valence-corrected chi connectivity index (χ4v) is 8.12. The van der Waals surface area contributed by atoms with Gasteiger partial charge in [-0.2, -0.15) is 13.2 Å². The molecule has 0 spiro atoms. The fourth-order valence-electron chi connectivity index (χ4n) is 5.72. The summed E-state index contributed by atoms with van der Waals surface area (Å²) in [4.78, 5) is 24.4. The Labute approximate surface area is 212 Å². The molecule has 1 amide bonds. The zero-order valence-corrected chi connectivity index (χ0v) is 21.9. The first kappa shape index (κ1) is 25.4. The van der Waals surface area contributed by atoms with E-state index in [0.717, 1.165) is 30.2 Å². The number of carbonyl (C=O) groups is 1. The number of nitrogens with zero attached hydrogens (tertiary/aromatic N) is 4. The Bertz CT molecular complexity index is 1300. The maximum absolute atomic E-state index is 13.9. The number of anilines is 1. The Morgan fingerprint density at radius 3 is 2.53 bits per heavy atom. The summed E-state index contributed by atoms with van der Waals surface area (Å²) in [6.07, 6.45) is -0.0976. The van der Waals surface area contributed by atoms with Crippen molar-refractivity contribution < 1.29 is 26.4 Å². The van der Waals surface area contributed by atoms with Crippen LogP contribution < -0.4 is 5.32 Å². The number of aromatic nitrogens is 2. The number of halogens is 3. The molecule has 3 aliphatic heterocycles. The van der Waals surface area contributed by atoms with Crippen molar-refractivity contribution in [2.24, 2.45) is 5.92 Å². The summed E-state index contributed by atoms with van der Waals surface area (Å²) in [6, 6.07) is 1.38. The molecule has 1 unspecified atom stereocenters. The van der Waals surface area contributed by atoms with Gasteiger partial charge in [0, 0.05) is 36.8 Å². The third kappa shape index (κ3) is 4.08. The SMILES string of the molecule is CC(C)C12CCCN1C(=O)c1cc(-c3nc(NC4CCN(S(C)(=O)=O)CC4)ncc3C(F)(F)F)sc12. The summed E-state index contributed by atoms with van der Waals surface area (Å²) in [5, 5.41) is 3.08. The number of hydrogen-bond donors (Lipinski definition) is 1. The minimum absolute atomic E-state index is 0.0526.